The topological polar surface area (TPSA) is 142 Å². The molecule has 1 aromatic rings. The monoisotopic (exact) mass is 339 g/mol. The van der Waals surface area contributed by atoms with Crippen molar-refractivity contribution in [3.05, 3.63) is 44.0 Å². The van der Waals surface area contributed by atoms with Crippen LogP contribution in [0, 0.1) is 20.2 Å². The number of carbonyl (C=O) groups is 2. The summed E-state index contributed by atoms with van der Waals surface area (Å²) in [4.78, 5) is 42.8. The number of ether oxygens (including phenoxy) is 1. The van der Waals surface area contributed by atoms with Gasteiger partial charge in [0.2, 0.25) is 0 Å². The zero-order valence-corrected chi connectivity index (χ0v) is 13.0. The second kappa shape index (κ2) is 9.18. The molecule has 130 valence electrons. The van der Waals surface area contributed by atoms with E-state index in [9.17, 15) is 29.8 Å². The first-order valence-electron chi connectivity index (χ1n) is 7.14. The van der Waals surface area contributed by atoms with Crippen LogP contribution in [0.2, 0.25) is 0 Å². The van der Waals surface area contributed by atoms with Crippen molar-refractivity contribution in [2.45, 2.75) is 25.7 Å². The number of rotatable bonds is 9. The third-order valence-corrected chi connectivity index (χ3v) is 3.16. The van der Waals surface area contributed by atoms with Crippen molar-refractivity contribution in [3.63, 3.8) is 0 Å². The van der Waals surface area contributed by atoms with E-state index in [-0.39, 0.29) is 18.1 Å². The molecule has 1 N–H and O–H groups in total. The molecule has 0 radical (unpaired) electrons. The molecule has 0 aliphatic heterocycles. The predicted molar refractivity (Wildman–Crippen MR) is 82.6 cm³/mol. The highest BCUT2D eigenvalue weighted by Crippen LogP contribution is 2.22. The lowest BCUT2D eigenvalue weighted by molar-refractivity contribution is -0.394. The molecule has 0 aliphatic carbocycles. The quantitative estimate of drug-likeness (QED) is 0.313. The van der Waals surface area contributed by atoms with E-state index in [0.29, 0.717) is 25.7 Å². The smallest absolute Gasteiger partial charge is 0.305 e. The fraction of sp³-hybridized carbons (Fsp3) is 0.429. The van der Waals surface area contributed by atoms with Crippen LogP contribution in [0.15, 0.2) is 18.2 Å². The minimum atomic E-state index is -0.795. The molecular weight excluding hydrogens is 322 g/mol. The van der Waals surface area contributed by atoms with Crippen LogP contribution in [0.5, 0.6) is 0 Å². The molecule has 0 heterocycles. The van der Waals surface area contributed by atoms with E-state index in [4.69, 9.17) is 0 Å². The molecule has 10 nitrogen and oxygen atoms in total. The summed E-state index contributed by atoms with van der Waals surface area (Å²) in [5.74, 6) is -0.933. The van der Waals surface area contributed by atoms with Crippen LogP contribution >= 0.6 is 0 Å². The maximum absolute atomic E-state index is 12.0. The Labute approximate surface area is 137 Å². The Kier molecular flexibility index (Phi) is 7.27. The number of nitro benzene ring substituents is 2. The number of nitrogens with zero attached hydrogens (tertiary/aromatic N) is 2. The maximum atomic E-state index is 12.0. The normalized spacial score (nSPS) is 10.0. The molecule has 1 rings (SSSR count). The Morgan fingerprint density at radius 1 is 1.04 bits per heavy atom. The number of methoxy groups -OCH3 is 1. The van der Waals surface area contributed by atoms with Crippen molar-refractivity contribution in [1.29, 1.82) is 0 Å². The number of unbranched alkanes of at least 4 members (excludes halogenated alkanes) is 2. The van der Waals surface area contributed by atoms with Crippen LogP contribution in [-0.4, -0.2) is 35.4 Å². The standard InChI is InChI=1S/C14H17N3O7/c1-24-13(18)5-3-2-4-6-15-14(19)10-7-11(16(20)21)9-12(8-10)17(22)23/h7-9H,2-6H2,1H3,(H,15,19). The highest BCUT2D eigenvalue weighted by Gasteiger charge is 2.19. The minimum Gasteiger partial charge on any atom is -0.469 e. The van der Waals surface area contributed by atoms with Crippen LogP contribution in [0.25, 0.3) is 0 Å². The Hall–Kier alpha value is -3.04. The van der Waals surface area contributed by atoms with Crippen LogP contribution < -0.4 is 5.32 Å². The van der Waals surface area contributed by atoms with Gasteiger partial charge in [0.25, 0.3) is 17.3 Å². The zero-order valence-electron chi connectivity index (χ0n) is 13.0. The highest BCUT2D eigenvalue weighted by molar-refractivity contribution is 5.95. The second-order valence-electron chi connectivity index (χ2n) is 4.89. The summed E-state index contributed by atoms with van der Waals surface area (Å²) in [5.41, 5.74) is -1.19. The van der Waals surface area contributed by atoms with E-state index in [2.05, 4.69) is 10.1 Å². The summed E-state index contributed by atoms with van der Waals surface area (Å²) in [6, 6.07) is 2.77. The minimum absolute atomic E-state index is 0.148. The Morgan fingerprint density at radius 3 is 2.12 bits per heavy atom. The van der Waals surface area contributed by atoms with Gasteiger partial charge in [0.1, 0.15) is 0 Å². The molecule has 1 aromatic carbocycles. The van der Waals surface area contributed by atoms with Crippen molar-refractivity contribution >= 4 is 23.3 Å². The van der Waals surface area contributed by atoms with Crippen LogP contribution in [0.4, 0.5) is 11.4 Å². The molecule has 0 saturated carbocycles. The SMILES string of the molecule is COC(=O)CCCCCNC(=O)c1cc([N+](=O)[O-])cc([N+](=O)[O-])c1. The third-order valence-electron chi connectivity index (χ3n) is 3.16. The highest BCUT2D eigenvalue weighted by atomic mass is 16.6. The Bertz CT molecular complexity index is 613. The number of benzene rings is 1. The number of carbonyl (C=O) groups excluding carboxylic acids is 2. The van der Waals surface area contributed by atoms with E-state index in [1.165, 1.54) is 7.11 Å². The molecule has 0 aromatic heterocycles. The number of nitrogens with one attached hydrogen (secondary N) is 1. The van der Waals surface area contributed by atoms with E-state index >= 15 is 0 Å². The maximum Gasteiger partial charge on any atom is 0.305 e. The summed E-state index contributed by atoms with van der Waals surface area (Å²) in [6.07, 6.45) is 2.19. The number of hydrogen-bond donors (Lipinski definition) is 1. The molecule has 24 heavy (non-hydrogen) atoms. The second-order valence-corrected chi connectivity index (χ2v) is 4.89. The van der Waals surface area contributed by atoms with Gasteiger partial charge in [-0.15, -0.1) is 0 Å². The van der Waals surface area contributed by atoms with Gasteiger partial charge in [0, 0.05) is 25.1 Å². The number of non-ortho nitro benzene ring substituents is 2. The lowest BCUT2D eigenvalue weighted by Crippen LogP contribution is -2.24. The van der Waals surface area contributed by atoms with Crippen molar-refractivity contribution < 1.29 is 24.2 Å². The first-order valence-corrected chi connectivity index (χ1v) is 7.14. The van der Waals surface area contributed by atoms with Crippen LogP contribution in [-0.2, 0) is 9.53 Å². The fourth-order valence-electron chi connectivity index (χ4n) is 1.91. The molecule has 0 atom stereocenters. The molecule has 0 aliphatic rings. The van der Waals surface area contributed by atoms with Gasteiger partial charge in [0.05, 0.1) is 28.6 Å². The number of amides is 1. The number of esters is 1. The van der Waals surface area contributed by atoms with Gasteiger partial charge < -0.3 is 10.1 Å². The number of hydrogen-bond acceptors (Lipinski definition) is 7. The first-order chi connectivity index (χ1) is 11.3. The summed E-state index contributed by atoms with van der Waals surface area (Å²) < 4.78 is 4.50. The molecule has 10 heteroatoms. The lowest BCUT2D eigenvalue weighted by atomic mass is 10.1. The summed E-state index contributed by atoms with van der Waals surface area (Å²) in [7, 11) is 1.31. The van der Waals surface area contributed by atoms with E-state index in [1.807, 2.05) is 0 Å². The zero-order chi connectivity index (χ0) is 18.1. The van der Waals surface area contributed by atoms with Gasteiger partial charge in [-0.3, -0.25) is 29.8 Å². The van der Waals surface area contributed by atoms with Crippen molar-refractivity contribution in [3.8, 4) is 0 Å². The first kappa shape index (κ1) is 19.0. The molecule has 1 amide bonds. The van der Waals surface area contributed by atoms with E-state index < -0.39 is 27.1 Å². The summed E-state index contributed by atoms with van der Waals surface area (Å²) in [5, 5.41) is 24.1. The predicted octanol–water partition coefficient (Wildman–Crippen LogP) is 1.97. The van der Waals surface area contributed by atoms with Gasteiger partial charge in [-0.25, -0.2) is 0 Å². The average molecular weight is 339 g/mol. The van der Waals surface area contributed by atoms with Crippen molar-refractivity contribution in [2.75, 3.05) is 13.7 Å². The summed E-state index contributed by atoms with van der Waals surface area (Å²) in [6.45, 7) is 0.288. The Balaban J connectivity index is 2.57. The van der Waals surface area contributed by atoms with Gasteiger partial charge in [-0.2, -0.15) is 0 Å². The van der Waals surface area contributed by atoms with E-state index in [1.54, 1.807) is 0 Å². The summed E-state index contributed by atoms with van der Waals surface area (Å²) >= 11 is 0. The van der Waals surface area contributed by atoms with Crippen LogP contribution in [0.1, 0.15) is 36.0 Å². The Morgan fingerprint density at radius 2 is 1.62 bits per heavy atom. The van der Waals surface area contributed by atoms with Crippen molar-refractivity contribution in [2.24, 2.45) is 0 Å². The molecule has 0 unspecified atom stereocenters. The molecule has 0 fully saturated rings. The van der Waals surface area contributed by atoms with Crippen LogP contribution in [0.3, 0.4) is 0 Å². The van der Waals surface area contributed by atoms with Gasteiger partial charge in [-0.1, -0.05) is 6.42 Å². The lowest BCUT2D eigenvalue weighted by Gasteiger charge is -2.05. The van der Waals surface area contributed by atoms with Gasteiger partial charge >= 0.3 is 5.97 Å². The largest absolute Gasteiger partial charge is 0.469 e. The average Bonchev–Trinajstić information content (AvgIpc) is 2.56. The van der Waals surface area contributed by atoms with Crippen molar-refractivity contribution in [1.82, 2.24) is 5.32 Å². The number of nitro groups is 2. The molecule has 0 bridgehead atoms. The van der Waals surface area contributed by atoms with E-state index in [0.717, 1.165) is 18.2 Å². The molecule has 0 saturated heterocycles. The fourth-order valence-corrected chi connectivity index (χ4v) is 1.91. The van der Waals surface area contributed by atoms with Gasteiger partial charge in [-0.05, 0) is 12.8 Å². The molecule has 0 spiro atoms. The third kappa shape index (κ3) is 5.99. The molecular formula is C14H17N3O7. The van der Waals surface area contributed by atoms with Gasteiger partial charge in [0.15, 0.2) is 0 Å².